The molecule has 6 nitrogen and oxygen atoms in total. The largest absolute Gasteiger partial charge is 0.508 e. The highest BCUT2D eigenvalue weighted by Crippen LogP contribution is 2.31. The zero-order valence-corrected chi connectivity index (χ0v) is 15.4. The fraction of sp³-hybridized carbons (Fsp3) is 0.136. The highest BCUT2D eigenvalue weighted by molar-refractivity contribution is 5.94. The van der Waals surface area contributed by atoms with Crippen molar-refractivity contribution in [2.45, 2.75) is 6.10 Å². The first-order valence-corrected chi connectivity index (χ1v) is 8.66. The van der Waals surface area contributed by atoms with Crippen LogP contribution in [0.25, 0.3) is 11.1 Å². The Morgan fingerprint density at radius 3 is 2.25 bits per heavy atom. The molecule has 28 heavy (non-hydrogen) atoms. The zero-order chi connectivity index (χ0) is 20.5. The molecule has 0 saturated carbocycles. The molecule has 1 atom stereocenters. The third-order valence-corrected chi connectivity index (χ3v) is 4.00. The van der Waals surface area contributed by atoms with Crippen LogP contribution < -0.4 is 5.32 Å². The Labute approximate surface area is 163 Å². The Kier molecular flexibility index (Phi) is 7.56. The van der Waals surface area contributed by atoms with E-state index in [1.807, 2.05) is 30.3 Å². The molecule has 146 valence electrons. The van der Waals surface area contributed by atoms with Crippen molar-refractivity contribution < 1.29 is 25.2 Å². The molecule has 6 heteroatoms. The van der Waals surface area contributed by atoms with E-state index >= 15 is 0 Å². The topological polar surface area (TPSA) is 110 Å². The van der Waals surface area contributed by atoms with Crippen molar-refractivity contribution in [3.8, 4) is 22.6 Å². The predicted octanol–water partition coefficient (Wildman–Crippen LogP) is 3.40. The third kappa shape index (κ3) is 5.57. The van der Waals surface area contributed by atoms with Crippen LogP contribution in [0.3, 0.4) is 0 Å². The molecular formula is C22H23NO5. The lowest BCUT2D eigenvalue weighted by Gasteiger charge is -2.09. The van der Waals surface area contributed by atoms with Crippen LogP contribution >= 0.6 is 0 Å². The molecule has 0 radical (unpaired) electrons. The number of carboxylic acid groups (broad SMARTS) is 1. The maximum Gasteiger partial charge on any atom is 0.339 e. The number of carboxylic acids is 1. The molecule has 0 bridgehead atoms. The van der Waals surface area contributed by atoms with Gasteiger partial charge < -0.3 is 25.7 Å². The number of rotatable bonds is 5. The van der Waals surface area contributed by atoms with E-state index in [2.05, 4.69) is 5.32 Å². The van der Waals surface area contributed by atoms with Gasteiger partial charge in [-0.25, -0.2) is 4.79 Å². The van der Waals surface area contributed by atoms with Crippen molar-refractivity contribution in [3.05, 3.63) is 83.9 Å². The smallest absolute Gasteiger partial charge is 0.339 e. The molecule has 0 aliphatic heterocycles. The van der Waals surface area contributed by atoms with E-state index in [0.717, 1.165) is 11.1 Å². The fourth-order valence-corrected chi connectivity index (χ4v) is 2.61. The molecule has 1 unspecified atom stereocenters. The number of aliphatic hydroxyl groups is 1. The van der Waals surface area contributed by atoms with Crippen molar-refractivity contribution in [2.75, 3.05) is 13.6 Å². The van der Waals surface area contributed by atoms with Crippen LogP contribution in [0, 0.1) is 0 Å². The lowest BCUT2D eigenvalue weighted by atomic mass is 10.0. The van der Waals surface area contributed by atoms with Gasteiger partial charge in [-0.05, 0) is 36.4 Å². The molecule has 0 aromatic heterocycles. The molecule has 3 aromatic carbocycles. The number of phenols is 2. The highest BCUT2D eigenvalue weighted by atomic mass is 16.4. The van der Waals surface area contributed by atoms with E-state index in [1.165, 1.54) is 6.07 Å². The standard InChI is InChI=1S/C13H10O3.C9H13NO2/c14-12-10(9-5-2-1-3-6-9)7-4-8-11(12)13(15)16;1-10-6-9(12)7-3-2-4-8(11)5-7/h1-8,14H,(H,15,16);2-5,9-12H,6H2,1H3. The number of hydrogen-bond donors (Lipinski definition) is 5. The lowest BCUT2D eigenvalue weighted by molar-refractivity contribution is 0.0694. The quantitative estimate of drug-likeness (QED) is 0.463. The van der Waals surface area contributed by atoms with Gasteiger partial charge in [0.2, 0.25) is 0 Å². The molecule has 0 saturated heterocycles. The van der Waals surface area contributed by atoms with Crippen LogP contribution in [-0.2, 0) is 0 Å². The molecular weight excluding hydrogens is 358 g/mol. The summed E-state index contributed by atoms with van der Waals surface area (Å²) in [7, 11) is 1.77. The van der Waals surface area contributed by atoms with Crippen LogP contribution in [0.2, 0.25) is 0 Å². The number of phenolic OH excluding ortho intramolecular Hbond substituents is 1. The number of aromatic carboxylic acids is 1. The number of para-hydroxylation sites is 1. The minimum Gasteiger partial charge on any atom is -0.508 e. The Balaban J connectivity index is 0.000000209. The van der Waals surface area contributed by atoms with Gasteiger partial charge in [0, 0.05) is 12.1 Å². The van der Waals surface area contributed by atoms with E-state index in [9.17, 15) is 15.0 Å². The molecule has 3 aromatic rings. The maximum absolute atomic E-state index is 10.8. The second-order valence-electron chi connectivity index (χ2n) is 6.04. The minimum absolute atomic E-state index is 0.0821. The summed E-state index contributed by atoms with van der Waals surface area (Å²) < 4.78 is 0. The summed E-state index contributed by atoms with van der Waals surface area (Å²) in [5.41, 5.74) is 1.97. The van der Waals surface area contributed by atoms with Gasteiger partial charge in [0.1, 0.15) is 17.1 Å². The fourth-order valence-electron chi connectivity index (χ4n) is 2.61. The zero-order valence-electron chi connectivity index (χ0n) is 15.4. The van der Waals surface area contributed by atoms with Gasteiger partial charge >= 0.3 is 5.97 Å². The predicted molar refractivity (Wildman–Crippen MR) is 107 cm³/mol. The summed E-state index contributed by atoms with van der Waals surface area (Å²) >= 11 is 0. The third-order valence-electron chi connectivity index (χ3n) is 4.00. The van der Waals surface area contributed by atoms with Crippen molar-refractivity contribution in [3.63, 3.8) is 0 Å². The van der Waals surface area contributed by atoms with Crippen molar-refractivity contribution in [2.24, 2.45) is 0 Å². The van der Waals surface area contributed by atoms with Gasteiger partial charge in [0.05, 0.1) is 6.10 Å². The molecule has 0 fully saturated rings. The summed E-state index contributed by atoms with van der Waals surface area (Å²) in [5, 5.41) is 40.1. The van der Waals surface area contributed by atoms with Crippen LogP contribution in [0.15, 0.2) is 72.8 Å². The number of nitrogens with one attached hydrogen (secondary N) is 1. The molecule has 0 aliphatic carbocycles. The summed E-state index contributed by atoms with van der Waals surface area (Å²) in [6, 6.07) is 20.5. The number of aliphatic hydroxyl groups excluding tert-OH is 1. The van der Waals surface area contributed by atoms with Crippen molar-refractivity contribution in [1.82, 2.24) is 5.32 Å². The molecule has 3 rings (SSSR count). The van der Waals surface area contributed by atoms with E-state index in [1.54, 1.807) is 43.4 Å². The molecule has 5 N–H and O–H groups in total. The van der Waals surface area contributed by atoms with Crippen LogP contribution in [0.5, 0.6) is 11.5 Å². The number of benzene rings is 3. The molecule has 0 heterocycles. The van der Waals surface area contributed by atoms with E-state index < -0.39 is 12.1 Å². The van der Waals surface area contributed by atoms with Gasteiger partial charge in [0.25, 0.3) is 0 Å². The first kappa shape index (κ1) is 21.0. The summed E-state index contributed by atoms with van der Waals surface area (Å²) in [6.07, 6.45) is -0.554. The Morgan fingerprint density at radius 2 is 1.64 bits per heavy atom. The van der Waals surface area contributed by atoms with Gasteiger partial charge in [-0.15, -0.1) is 0 Å². The Morgan fingerprint density at radius 1 is 0.964 bits per heavy atom. The summed E-state index contributed by atoms with van der Waals surface area (Å²) in [5.74, 6) is -1.14. The normalized spacial score (nSPS) is 11.2. The number of likely N-dealkylation sites (N-methyl/N-ethyl adjacent to an activating group) is 1. The first-order chi connectivity index (χ1) is 13.4. The second-order valence-corrected chi connectivity index (χ2v) is 6.04. The van der Waals surface area contributed by atoms with Crippen molar-refractivity contribution in [1.29, 1.82) is 0 Å². The SMILES string of the molecule is CNCC(O)c1cccc(O)c1.O=C(O)c1cccc(-c2ccccc2)c1O. The van der Waals surface area contributed by atoms with Gasteiger partial charge in [0.15, 0.2) is 0 Å². The van der Waals surface area contributed by atoms with E-state index in [4.69, 9.17) is 10.2 Å². The van der Waals surface area contributed by atoms with Crippen LogP contribution in [-0.4, -0.2) is 40.0 Å². The molecule has 0 amide bonds. The maximum atomic E-state index is 10.8. The van der Waals surface area contributed by atoms with Gasteiger partial charge in [-0.2, -0.15) is 0 Å². The van der Waals surface area contributed by atoms with Crippen LogP contribution in [0.4, 0.5) is 0 Å². The Hall–Kier alpha value is -3.35. The minimum atomic E-state index is -1.13. The monoisotopic (exact) mass is 381 g/mol. The number of carbonyl (C=O) groups is 1. The molecule has 0 spiro atoms. The van der Waals surface area contributed by atoms with Gasteiger partial charge in [-0.3, -0.25) is 0 Å². The lowest BCUT2D eigenvalue weighted by Crippen LogP contribution is -2.16. The van der Waals surface area contributed by atoms with Crippen LogP contribution in [0.1, 0.15) is 22.0 Å². The average molecular weight is 381 g/mol. The number of hydrogen-bond acceptors (Lipinski definition) is 5. The number of aromatic hydroxyl groups is 2. The average Bonchev–Trinajstić information content (AvgIpc) is 2.69. The van der Waals surface area contributed by atoms with Crippen molar-refractivity contribution >= 4 is 5.97 Å². The Bertz CT molecular complexity index is 912. The first-order valence-electron chi connectivity index (χ1n) is 8.66. The van der Waals surface area contributed by atoms with E-state index in [-0.39, 0.29) is 17.1 Å². The second kappa shape index (κ2) is 10.1. The summed E-state index contributed by atoms with van der Waals surface area (Å²) in [6.45, 7) is 0.490. The highest BCUT2D eigenvalue weighted by Gasteiger charge is 2.13. The van der Waals surface area contributed by atoms with E-state index in [0.29, 0.717) is 12.1 Å². The van der Waals surface area contributed by atoms with Gasteiger partial charge in [-0.1, -0.05) is 54.6 Å². The summed E-state index contributed by atoms with van der Waals surface area (Å²) in [4.78, 5) is 10.8. The molecule has 0 aliphatic rings.